The molecule has 0 aliphatic heterocycles. The Hall–Kier alpha value is -1.26. The summed E-state index contributed by atoms with van der Waals surface area (Å²) >= 11 is 0. The molecule has 1 aromatic carbocycles. The highest BCUT2D eigenvalue weighted by Gasteiger charge is 2.43. The maximum Gasteiger partial charge on any atom is 0.127 e. The highest BCUT2D eigenvalue weighted by Crippen LogP contribution is 2.43. The molecule has 0 atom stereocenters. The van der Waals surface area contributed by atoms with E-state index in [0.29, 0.717) is 18.6 Å². The minimum Gasteiger partial charge on any atom is -0.497 e. The molecule has 16 heavy (non-hydrogen) atoms. The van der Waals surface area contributed by atoms with Gasteiger partial charge < -0.3 is 20.3 Å². The summed E-state index contributed by atoms with van der Waals surface area (Å²) < 4.78 is 10.4. The van der Waals surface area contributed by atoms with Gasteiger partial charge in [-0.25, -0.2) is 0 Å². The zero-order valence-corrected chi connectivity index (χ0v) is 9.56. The van der Waals surface area contributed by atoms with Gasteiger partial charge in [-0.2, -0.15) is 0 Å². The molecule has 88 valence electrons. The zero-order chi connectivity index (χ0) is 11.8. The van der Waals surface area contributed by atoms with E-state index in [-0.39, 0.29) is 6.10 Å². The fourth-order valence-electron chi connectivity index (χ4n) is 2.21. The lowest BCUT2D eigenvalue weighted by molar-refractivity contribution is 0.0198. The van der Waals surface area contributed by atoms with Crippen molar-refractivity contribution in [1.29, 1.82) is 0 Å². The van der Waals surface area contributed by atoms with E-state index in [1.54, 1.807) is 14.2 Å². The van der Waals surface area contributed by atoms with Gasteiger partial charge in [-0.1, -0.05) is 0 Å². The number of ether oxygens (including phenoxy) is 2. The van der Waals surface area contributed by atoms with Crippen molar-refractivity contribution < 1.29 is 14.6 Å². The molecule has 0 unspecified atom stereocenters. The quantitative estimate of drug-likeness (QED) is 0.802. The van der Waals surface area contributed by atoms with Crippen molar-refractivity contribution in [2.45, 2.75) is 24.5 Å². The van der Waals surface area contributed by atoms with Gasteiger partial charge in [-0.3, -0.25) is 0 Å². The van der Waals surface area contributed by atoms with Crippen LogP contribution in [0.15, 0.2) is 18.2 Å². The summed E-state index contributed by atoms with van der Waals surface area (Å²) in [7, 11) is 3.22. The number of hydrogen-bond donors (Lipinski definition) is 2. The second kappa shape index (κ2) is 3.96. The van der Waals surface area contributed by atoms with Crippen LogP contribution in [0.25, 0.3) is 0 Å². The highest BCUT2D eigenvalue weighted by molar-refractivity contribution is 5.45. The Kier molecular flexibility index (Phi) is 2.78. The fourth-order valence-corrected chi connectivity index (χ4v) is 2.21. The summed E-state index contributed by atoms with van der Waals surface area (Å²) in [6, 6.07) is 5.58. The number of nitrogens with two attached hydrogens (primary N) is 1. The predicted molar refractivity (Wildman–Crippen MR) is 60.7 cm³/mol. The molecule has 4 heteroatoms. The molecule has 1 aliphatic rings. The Morgan fingerprint density at radius 1 is 1.31 bits per heavy atom. The molecule has 0 aromatic heterocycles. The topological polar surface area (TPSA) is 64.7 Å². The van der Waals surface area contributed by atoms with Crippen LogP contribution in [-0.2, 0) is 5.54 Å². The number of methoxy groups -OCH3 is 2. The lowest BCUT2D eigenvalue weighted by Gasteiger charge is -2.43. The third-order valence-electron chi connectivity index (χ3n) is 3.14. The lowest BCUT2D eigenvalue weighted by atomic mass is 9.70. The Labute approximate surface area is 95.0 Å². The Balaban J connectivity index is 2.34. The minimum absolute atomic E-state index is 0.295. The number of aliphatic hydroxyl groups excluding tert-OH is 1. The maximum absolute atomic E-state index is 9.36. The average Bonchev–Trinajstić information content (AvgIpc) is 2.26. The summed E-state index contributed by atoms with van der Waals surface area (Å²) in [6.07, 6.45) is 0.863. The first-order valence-corrected chi connectivity index (χ1v) is 5.28. The first kappa shape index (κ1) is 11.2. The standard InChI is InChI=1S/C12H17NO3/c1-15-9-3-4-10(11(5-9)16-2)12(13)6-8(14)7-12/h3-5,8,14H,6-7,13H2,1-2H3. The van der Waals surface area contributed by atoms with Gasteiger partial charge in [-0.15, -0.1) is 0 Å². The van der Waals surface area contributed by atoms with Crippen LogP contribution in [-0.4, -0.2) is 25.4 Å². The first-order valence-electron chi connectivity index (χ1n) is 5.28. The van der Waals surface area contributed by atoms with E-state index in [1.165, 1.54) is 0 Å². The number of hydrogen-bond acceptors (Lipinski definition) is 4. The second-order valence-corrected chi connectivity index (χ2v) is 4.28. The van der Waals surface area contributed by atoms with Gasteiger partial charge in [0.05, 0.1) is 20.3 Å². The first-order chi connectivity index (χ1) is 7.59. The van der Waals surface area contributed by atoms with Crippen molar-refractivity contribution in [2.75, 3.05) is 14.2 Å². The average molecular weight is 223 g/mol. The smallest absolute Gasteiger partial charge is 0.127 e. The number of rotatable bonds is 3. The van der Waals surface area contributed by atoms with Gasteiger partial charge in [-0.05, 0) is 25.0 Å². The fraction of sp³-hybridized carbons (Fsp3) is 0.500. The molecule has 0 heterocycles. The SMILES string of the molecule is COc1ccc(C2(N)CC(O)C2)c(OC)c1. The molecule has 2 rings (SSSR count). The summed E-state index contributed by atoms with van der Waals surface area (Å²) in [6.45, 7) is 0. The summed E-state index contributed by atoms with van der Waals surface area (Å²) in [5, 5.41) is 9.36. The lowest BCUT2D eigenvalue weighted by Crippen LogP contribution is -2.51. The minimum atomic E-state index is -0.461. The van der Waals surface area contributed by atoms with Gasteiger partial charge in [0.1, 0.15) is 11.5 Å². The van der Waals surface area contributed by atoms with Crippen LogP contribution in [0.1, 0.15) is 18.4 Å². The highest BCUT2D eigenvalue weighted by atomic mass is 16.5. The molecule has 1 saturated carbocycles. The zero-order valence-electron chi connectivity index (χ0n) is 9.56. The molecule has 0 amide bonds. The molecule has 0 spiro atoms. The monoisotopic (exact) mass is 223 g/mol. The van der Waals surface area contributed by atoms with E-state index < -0.39 is 5.54 Å². The van der Waals surface area contributed by atoms with Crippen LogP contribution in [0.5, 0.6) is 11.5 Å². The molecule has 1 aromatic rings. The van der Waals surface area contributed by atoms with Gasteiger partial charge in [0, 0.05) is 17.2 Å². The van der Waals surface area contributed by atoms with Crippen LogP contribution in [0.4, 0.5) is 0 Å². The van der Waals surface area contributed by atoms with Crippen LogP contribution in [0.3, 0.4) is 0 Å². The molecular weight excluding hydrogens is 206 g/mol. The maximum atomic E-state index is 9.36. The van der Waals surface area contributed by atoms with E-state index in [9.17, 15) is 5.11 Å². The van der Waals surface area contributed by atoms with Crippen molar-refractivity contribution in [2.24, 2.45) is 5.73 Å². The number of benzene rings is 1. The van der Waals surface area contributed by atoms with Crippen LogP contribution < -0.4 is 15.2 Å². The summed E-state index contributed by atoms with van der Waals surface area (Å²) in [5.74, 6) is 1.46. The van der Waals surface area contributed by atoms with Crippen LogP contribution in [0, 0.1) is 0 Å². The van der Waals surface area contributed by atoms with E-state index in [1.807, 2.05) is 18.2 Å². The predicted octanol–water partition coefficient (Wildman–Crippen LogP) is 1.01. The second-order valence-electron chi connectivity index (χ2n) is 4.28. The third-order valence-corrected chi connectivity index (χ3v) is 3.14. The van der Waals surface area contributed by atoms with E-state index >= 15 is 0 Å². The van der Waals surface area contributed by atoms with Crippen molar-refractivity contribution in [1.82, 2.24) is 0 Å². The Bertz CT molecular complexity index is 386. The molecule has 0 saturated heterocycles. The third kappa shape index (κ3) is 1.74. The molecule has 1 fully saturated rings. The summed E-state index contributed by atoms with van der Waals surface area (Å²) in [5.41, 5.74) is 6.67. The Morgan fingerprint density at radius 2 is 2.00 bits per heavy atom. The van der Waals surface area contributed by atoms with Crippen molar-refractivity contribution in [3.8, 4) is 11.5 Å². The normalized spacial score (nSPS) is 28.4. The molecule has 1 aliphatic carbocycles. The van der Waals surface area contributed by atoms with Crippen LogP contribution >= 0.6 is 0 Å². The van der Waals surface area contributed by atoms with Gasteiger partial charge in [0.15, 0.2) is 0 Å². The van der Waals surface area contributed by atoms with E-state index in [2.05, 4.69) is 0 Å². The van der Waals surface area contributed by atoms with Crippen molar-refractivity contribution in [3.63, 3.8) is 0 Å². The molecule has 0 radical (unpaired) electrons. The molecule has 3 N–H and O–H groups in total. The van der Waals surface area contributed by atoms with Gasteiger partial charge in [0.25, 0.3) is 0 Å². The Morgan fingerprint density at radius 3 is 2.50 bits per heavy atom. The van der Waals surface area contributed by atoms with E-state index in [4.69, 9.17) is 15.2 Å². The van der Waals surface area contributed by atoms with Gasteiger partial charge >= 0.3 is 0 Å². The molecule has 0 bridgehead atoms. The van der Waals surface area contributed by atoms with E-state index in [0.717, 1.165) is 11.3 Å². The molecule has 4 nitrogen and oxygen atoms in total. The van der Waals surface area contributed by atoms with Crippen molar-refractivity contribution >= 4 is 0 Å². The van der Waals surface area contributed by atoms with Crippen LogP contribution in [0.2, 0.25) is 0 Å². The van der Waals surface area contributed by atoms with Gasteiger partial charge in [0.2, 0.25) is 0 Å². The molecular formula is C12H17NO3. The van der Waals surface area contributed by atoms with Crippen molar-refractivity contribution in [3.05, 3.63) is 23.8 Å². The largest absolute Gasteiger partial charge is 0.497 e. The summed E-state index contributed by atoms with van der Waals surface area (Å²) in [4.78, 5) is 0. The number of aliphatic hydroxyl groups is 1.